The summed E-state index contributed by atoms with van der Waals surface area (Å²) in [6.45, 7) is 6.13. The molecule has 0 unspecified atom stereocenters. The predicted molar refractivity (Wildman–Crippen MR) is 85.3 cm³/mol. The van der Waals surface area contributed by atoms with E-state index < -0.39 is 0 Å². The molecular formula is C16H20N4O2. The maximum atomic E-state index is 12.0. The molecule has 116 valence electrons. The first-order valence-corrected chi connectivity index (χ1v) is 6.93. The predicted octanol–water partition coefficient (Wildman–Crippen LogP) is 2.48. The van der Waals surface area contributed by atoms with Crippen LogP contribution in [0.25, 0.3) is 0 Å². The monoisotopic (exact) mass is 300 g/mol. The summed E-state index contributed by atoms with van der Waals surface area (Å²) in [5.74, 6) is 0.378. The Morgan fingerprint density at radius 2 is 2.14 bits per heavy atom. The standard InChI is InChI=1S/C16H20N4O2/c1-16(2,3)14-9-13(18-19-14)15(21)20-17-10-11-6-5-7-12(8-11)22-4/h5-10H,1-4H3,(H,18,19)(H,20,21)/b17-10-. The summed E-state index contributed by atoms with van der Waals surface area (Å²) < 4.78 is 5.12. The van der Waals surface area contributed by atoms with Crippen molar-refractivity contribution in [3.63, 3.8) is 0 Å². The van der Waals surface area contributed by atoms with Crippen LogP contribution in [0.1, 0.15) is 42.5 Å². The zero-order chi connectivity index (χ0) is 16.2. The number of nitrogens with one attached hydrogen (secondary N) is 2. The van der Waals surface area contributed by atoms with Crippen molar-refractivity contribution < 1.29 is 9.53 Å². The number of methoxy groups -OCH3 is 1. The SMILES string of the molecule is COc1cccc(/C=N\NC(=O)c2cc(C(C)(C)C)[nH]n2)c1. The largest absolute Gasteiger partial charge is 0.497 e. The highest BCUT2D eigenvalue weighted by Crippen LogP contribution is 2.20. The van der Waals surface area contributed by atoms with Gasteiger partial charge in [-0.1, -0.05) is 32.9 Å². The molecule has 0 spiro atoms. The molecule has 2 rings (SSSR count). The molecule has 0 saturated heterocycles. The van der Waals surface area contributed by atoms with Crippen LogP contribution < -0.4 is 10.2 Å². The number of rotatable bonds is 4. The van der Waals surface area contributed by atoms with E-state index in [1.807, 2.05) is 45.0 Å². The molecule has 6 nitrogen and oxygen atoms in total. The number of carbonyl (C=O) groups is 1. The quantitative estimate of drug-likeness (QED) is 0.672. The first-order chi connectivity index (χ1) is 10.4. The molecule has 6 heteroatoms. The Bertz CT molecular complexity index is 683. The van der Waals surface area contributed by atoms with E-state index in [0.29, 0.717) is 5.69 Å². The van der Waals surface area contributed by atoms with Gasteiger partial charge in [0.25, 0.3) is 5.91 Å². The highest BCUT2D eigenvalue weighted by atomic mass is 16.5. The first-order valence-electron chi connectivity index (χ1n) is 6.93. The molecule has 1 aromatic carbocycles. The van der Waals surface area contributed by atoms with Crippen molar-refractivity contribution >= 4 is 12.1 Å². The van der Waals surface area contributed by atoms with Crippen molar-refractivity contribution in [3.05, 3.63) is 47.3 Å². The maximum Gasteiger partial charge on any atom is 0.291 e. The van der Waals surface area contributed by atoms with Gasteiger partial charge in [0.15, 0.2) is 5.69 Å². The average molecular weight is 300 g/mol. The fourth-order valence-corrected chi connectivity index (χ4v) is 1.77. The van der Waals surface area contributed by atoms with Crippen LogP contribution in [0.2, 0.25) is 0 Å². The number of hydrogen-bond acceptors (Lipinski definition) is 4. The van der Waals surface area contributed by atoms with E-state index in [1.54, 1.807) is 19.4 Å². The summed E-state index contributed by atoms with van der Waals surface area (Å²) in [7, 11) is 1.60. The second kappa shape index (κ2) is 6.43. The van der Waals surface area contributed by atoms with Gasteiger partial charge in [-0.15, -0.1) is 0 Å². The number of ether oxygens (including phenoxy) is 1. The Morgan fingerprint density at radius 1 is 1.36 bits per heavy atom. The Kier molecular flexibility index (Phi) is 4.60. The number of amides is 1. The van der Waals surface area contributed by atoms with Gasteiger partial charge < -0.3 is 4.74 Å². The lowest BCUT2D eigenvalue weighted by Crippen LogP contribution is -2.18. The zero-order valence-corrected chi connectivity index (χ0v) is 13.2. The molecule has 0 aliphatic rings. The van der Waals surface area contributed by atoms with Crippen LogP contribution in [0.5, 0.6) is 5.75 Å². The molecule has 0 aliphatic carbocycles. The van der Waals surface area contributed by atoms with Crippen LogP contribution in [0.4, 0.5) is 0 Å². The molecule has 0 bridgehead atoms. The number of aromatic amines is 1. The summed E-state index contributed by atoms with van der Waals surface area (Å²) in [6.07, 6.45) is 1.55. The molecular weight excluding hydrogens is 280 g/mol. The molecule has 2 N–H and O–H groups in total. The number of aromatic nitrogens is 2. The van der Waals surface area contributed by atoms with Crippen LogP contribution in [0.15, 0.2) is 35.4 Å². The van der Waals surface area contributed by atoms with E-state index in [1.165, 1.54) is 0 Å². The van der Waals surface area contributed by atoms with Gasteiger partial charge >= 0.3 is 0 Å². The third kappa shape index (κ3) is 3.94. The van der Waals surface area contributed by atoms with Crippen LogP contribution in [0, 0.1) is 0 Å². The minimum atomic E-state index is -0.356. The summed E-state index contributed by atoms with van der Waals surface area (Å²) in [5.41, 5.74) is 4.41. The van der Waals surface area contributed by atoms with Crippen molar-refractivity contribution in [2.24, 2.45) is 5.10 Å². The molecule has 0 saturated carbocycles. The van der Waals surface area contributed by atoms with E-state index in [0.717, 1.165) is 17.0 Å². The third-order valence-corrected chi connectivity index (χ3v) is 3.09. The topological polar surface area (TPSA) is 79.4 Å². The van der Waals surface area contributed by atoms with Gasteiger partial charge in [0.2, 0.25) is 0 Å². The molecule has 22 heavy (non-hydrogen) atoms. The summed E-state index contributed by atoms with van der Waals surface area (Å²) >= 11 is 0. The Morgan fingerprint density at radius 3 is 2.77 bits per heavy atom. The van der Waals surface area contributed by atoms with Crippen LogP contribution in [-0.4, -0.2) is 29.4 Å². The molecule has 1 aromatic heterocycles. The van der Waals surface area contributed by atoms with E-state index in [2.05, 4.69) is 20.7 Å². The third-order valence-electron chi connectivity index (χ3n) is 3.09. The van der Waals surface area contributed by atoms with E-state index in [-0.39, 0.29) is 11.3 Å². The minimum absolute atomic E-state index is 0.0879. The number of hydrogen-bond donors (Lipinski definition) is 2. The minimum Gasteiger partial charge on any atom is -0.497 e. The number of benzene rings is 1. The lowest BCUT2D eigenvalue weighted by Gasteiger charge is -2.14. The van der Waals surface area contributed by atoms with Crippen molar-refractivity contribution in [1.82, 2.24) is 15.6 Å². The number of H-pyrrole nitrogens is 1. The molecule has 1 amide bonds. The Balaban J connectivity index is 2.00. The lowest BCUT2D eigenvalue weighted by atomic mass is 9.92. The molecule has 0 aliphatic heterocycles. The molecule has 2 aromatic rings. The average Bonchev–Trinajstić information content (AvgIpc) is 2.97. The fraction of sp³-hybridized carbons (Fsp3) is 0.312. The molecule has 0 atom stereocenters. The van der Waals surface area contributed by atoms with Crippen molar-refractivity contribution in [3.8, 4) is 5.75 Å². The smallest absolute Gasteiger partial charge is 0.291 e. The maximum absolute atomic E-state index is 12.0. The van der Waals surface area contributed by atoms with Gasteiger partial charge in [0.05, 0.1) is 13.3 Å². The van der Waals surface area contributed by atoms with Gasteiger partial charge in [-0.05, 0) is 23.8 Å². The van der Waals surface area contributed by atoms with E-state index in [4.69, 9.17) is 4.74 Å². The second-order valence-electron chi connectivity index (χ2n) is 5.89. The molecule has 1 heterocycles. The van der Waals surface area contributed by atoms with Crippen molar-refractivity contribution in [2.45, 2.75) is 26.2 Å². The highest BCUT2D eigenvalue weighted by molar-refractivity contribution is 5.93. The number of carbonyl (C=O) groups excluding carboxylic acids is 1. The first kappa shape index (κ1) is 15.8. The van der Waals surface area contributed by atoms with Gasteiger partial charge in [0.1, 0.15) is 5.75 Å². The van der Waals surface area contributed by atoms with Gasteiger partial charge in [-0.2, -0.15) is 10.2 Å². The number of nitrogens with zero attached hydrogens (tertiary/aromatic N) is 2. The summed E-state index contributed by atoms with van der Waals surface area (Å²) in [5, 5.41) is 10.8. The van der Waals surface area contributed by atoms with Crippen LogP contribution >= 0.6 is 0 Å². The zero-order valence-electron chi connectivity index (χ0n) is 13.2. The van der Waals surface area contributed by atoms with Gasteiger partial charge in [-0.3, -0.25) is 9.89 Å². The second-order valence-corrected chi connectivity index (χ2v) is 5.89. The number of hydrazone groups is 1. The van der Waals surface area contributed by atoms with Gasteiger partial charge in [0, 0.05) is 11.1 Å². The normalized spacial score (nSPS) is 11.6. The lowest BCUT2D eigenvalue weighted by molar-refractivity contribution is 0.0950. The van der Waals surface area contributed by atoms with Crippen LogP contribution in [-0.2, 0) is 5.41 Å². The fourth-order valence-electron chi connectivity index (χ4n) is 1.77. The van der Waals surface area contributed by atoms with Crippen molar-refractivity contribution in [2.75, 3.05) is 7.11 Å². The summed E-state index contributed by atoms with van der Waals surface area (Å²) in [4.78, 5) is 12.0. The van der Waals surface area contributed by atoms with E-state index >= 15 is 0 Å². The Labute approximate surface area is 129 Å². The van der Waals surface area contributed by atoms with Crippen molar-refractivity contribution in [1.29, 1.82) is 0 Å². The highest BCUT2D eigenvalue weighted by Gasteiger charge is 2.19. The molecule has 0 radical (unpaired) electrons. The van der Waals surface area contributed by atoms with Gasteiger partial charge in [-0.25, -0.2) is 5.43 Å². The van der Waals surface area contributed by atoms with Crippen LogP contribution in [0.3, 0.4) is 0 Å². The van der Waals surface area contributed by atoms with E-state index in [9.17, 15) is 4.79 Å². The Hall–Kier alpha value is -2.63. The molecule has 0 fully saturated rings. The summed E-state index contributed by atoms with van der Waals surface area (Å²) in [6, 6.07) is 9.11.